The van der Waals surface area contributed by atoms with Gasteiger partial charge in [0.2, 0.25) is 5.91 Å². The summed E-state index contributed by atoms with van der Waals surface area (Å²) in [5.41, 5.74) is 1.62. The topological polar surface area (TPSA) is 23.6 Å². The summed E-state index contributed by atoms with van der Waals surface area (Å²) in [6.45, 7) is 4.29. The first-order chi connectivity index (χ1) is 11.3. The summed E-state index contributed by atoms with van der Waals surface area (Å²) in [5.74, 6) is 0.769. The second-order valence-electron chi connectivity index (χ2n) is 7.54. The van der Waals surface area contributed by atoms with Gasteiger partial charge >= 0.3 is 0 Å². The molecular formula is C20H28N2O. The molecule has 1 amide bonds. The Morgan fingerprint density at radius 1 is 0.913 bits per heavy atom. The molecule has 0 unspecified atom stereocenters. The van der Waals surface area contributed by atoms with Gasteiger partial charge in [0.1, 0.15) is 0 Å². The van der Waals surface area contributed by atoms with Crippen LogP contribution in [0.2, 0.25) is 0 Å². The van der Waals surface area contributed by atoms with Gasteiger partial charge in [-0.3, -0.25) is 9.69 Å². The lowest BCUT2D eigenvalue weighted by Crippen LogP contribution is -2.54. The Morgan fingerprint density at radius 2 is 1.57 bits per heavy atom. The maximum Gasteiger partial charge on any atom is 0.225 e. The van der Waals surface area contributed by atoms with E-state index in [0.717, 1.165) is 38.8 Å². The molecule has 1 aromatic rings. The number of carbonyl (C=O) groups excluding carboxylic acids is 1. The first kappa shape index (κ1) is 15.2. The zero-order chi connectivity index (χ0) is 15.7. The number of hydrogen-bond donors (Lipinski definition) is 0. The monoisotopic (exact) mass is 312 g/mol. The zero-order valence-electron chi connectivity index (χ0n) is 14.0. The number of amides is 1. The van der Waals surface area contributed by atoms with Gasteiger partial charge < -0.3 is 4.90 Å². The van der Waals surface area contributed by atoms with Crippen LogP contribution in [0.5, 0.6) is 0 Å². The fraction of sp³-hybridized carbons (Fsp3) is 0.650. The third-order valence-electron chi connectivity index (χ3n) is 6.38. The predicted octanol–water partition coefficient (Wildman–Crippen LogP) is 3.40. The minimum atomic E-state index is 0.161. The van der Waals surface area contributed by atoms with Crippen molar-refractivity contribution < 1.29 is 4.79 Å². The highest BCUT2D eigenvalue weighted by molar-refractivity contribution is 5.79. The van der Waals surface area contributed by atoms with Crippen LogP contribution < -0.4 is 0 Å². The van der Waals surface area contributed by atoms with Gasteiger partial charge in [0.15, 0.2) is 0 Å². The molecular weight excluding hydrogens is 284 g/mol. The van der Waals surface area contributed by atoms with Crippen LogP contribution in [0.1, 0.15) is 50.5 Å². The second kappa shape index (κ2) is 6.27. The fourth-order valence-corrected chi connectivity index (χ4v) is 4.69. The molecule has 0 bridgehead atoms. The molecule has 4 rings (SSSR count). The smallest absolute Gasteiger partial charge is 0.225 e. The Kier molecular flexibility index (Phi) is 4.14. The summed E-state index contributed by atoms with van der Waals surface area (Å²) in [6.07, 6.45) is 8.30. The van der Waals surface area contributed by atoms with Crippen LogP contribution in [-0.4, -0.2) is 41.9 Å². The summed E-state index contributed by atoms with van der Waals surface area (Å²) in [6, 6.07) is 11.0. The van der Waals surface area contributed by atoms with Crippen molar-refractivity contribution in [2.24, 2.45) is 5.92 Å². The van der Waals surface area contributed by atoms with E-state index >= 15 is 0 Å². The van der Waals surface area contributed by atoms with Gasteiger partial charge in [0.25, 0.3) is 0 Å². The normalized spacial score (nSPS) is 25.3. The van der Waals surface area contributed by atoms with Gasteiger partial charge in [-0.05, 0) is 57.2 Å². The van der Waals surface area contributed by atoms with E-state index in [9.17, 15) is 4.79 Å². The molecule has 0 aromatic heterocycles. The van der Waals surface area contributed by atoms with Gasteiger partial charge in [-0.25, -0.2) is 0 Å². The van der Waals surface area contributed by atoms with E-state index < -0.39 is 0 Å². The molecule has 0 N–H and O–H groups in total. The van der Waals surface area contributed by atoms with E-state index in [4.69, 9.17) is 0 Å². The molecule has 0 spiro atoms. The summed E-state index contributed by atoms with van der Waals surface area (Å²) >= 11 is 0. The number of hydrogen-bond acceptors (Lipinski definition) is 2. The minimum absolute atomic E-state index is 0.161. The van der Waals surface area contributed by atoms with Crippen molar-refractivity contribution in [1.29, 1.82) is 0 Å². The molecule has 0 atom stereocenters. The van der Waals surface area contributed by atoms with Crippen LogP contribution in [0, 0.1) is 5.92 Å². The molecule has 3 heteroatoms. The SMILES string of the molecule is O=C(C1CCC1)N1CCC(c2ccccc2)(N2CCCC2)CC1. The second-order valence-corrected chi connectivity index (χ2v) is 7.54. The van der Waals surface area contributed by atoms with Gasteiger partial charge in [-0.15, -0.1) is 0 Å². The van der Waals surface area contributed by atoms with Gasteiger partial charge in [-0.1, -0.05) is 36.8 Å². The number of rotatable bonds is 3. The zero-order valence-corrected chi connectivity index (χ0v) is 14.0. The number of nitrogens with zero attached hydrogens (tertiary/aromatic N) is 2. The lowest BCUT2D eigenvalue weighted by molar-refractivity contribution is -0.141. The standard InChI is InChI=1S/C20H28N2O/c23-19(17-7-6-8-17)21-15-11-20(12-16-21,22-13-4-5-14-22)18-9-2-1-3-10-18/h1-3,9-10,17H,4-8,11-16H2. The van der Waals surface area contributed by atoms with Crippen molar-refractivity contribution in [1.82, 2.24) is 9.80 Å². The number of benzene rings is 1. The molecule has 1 aliphatic carbocycles. The van der Waals surface area contributed by atoms with E-state index in [-0.39, 0.29) is 5.54 Å². The lowest BCUT2D eigenvalue weighted by Gasteiger charge is -2.49. The summed E-state index contributed by atoms with van der Waals surface area (Å²) < 4.78 is 0. The van der Waals surface area contributed by atoms with E-state index in [2.05, 4.69) is 40.1 Å². The van der Waals surface area contributed by atoms with Gasteiger partial charge in [-0.2, -0.15) is 0 Å². The van der Waals surface area contributed by atoms with Crippen molar-refractivity contribution in [2.45, 2.75) is 50.5 Å². The third kappa shape index (κ3) is 2.69. The first-order valence-electron chi connectivity index (χ1n) is 9.39. The highest BCUT2D eigenvalue weighted by Crippen LogP contribution is 2.41. The average molecular weight is 312 g/mol. The number of piperidine rings is 1. The van der Waals surface area contributed by atoms with Crippen LogP contribution in [-0.2, 0) is 10.3 Å². The molecule has 1 saturated carbocycles. The Bertz CT molecular complexity index is 538. The highest BCUT2D eigenvalue weighted by Gasteiger charge is 2.43. The number of likely N-dealkylation sites (tertiary alicyclic amines) is 2. The van der Waals surface area contributed by atoms with E-state index in [1.807, 2.05) is 0 Å². The molecule has 124 valence electrons. The average Bonchev–Trinajstić information content (AvgIpc) is 3.09. The van der Waals surface area contributed by atoms with E-state index in [1.165, 1.54) is 37.9 Å². The molecule has 2 aliphatic heterocycles. The lowest BCUT2D eigenvalue weighted by atomic mass is 9.78. The summed E-state index contributed by atoms with van der Waals surface area (Å²) in [7, 11) is 0. The molecule has 23 heavy (non-hydrogen) atoms. The minimum Gasteiger partial charge on any atom is -0.342 e. The van der Waals surface area contributed by atoms with Crippen molar-refractivity contribution >= 4 is 5.91 Å². The molecule has 3 aliphatic rings. The molecule has 0 radical (unpaired) electrons. The molecule has 3 nitrogen and oxygen atoms in total. The first-order valence-corrected chi connectivity index (χ1v) is 9.39. The molecule has 2 heterocycles. The summed E-state index contributed by atoms with van der Waals surface area (Å²) in [5, 5.41) is 0. The quantitative estimate of drug-likeness (QED) is 0.854. The predicted molar refractivity (Wildman–Crippen MR) is 92.1 cm³/mol. The largest absolute Gasteiger partial charge is 0.342 e. The molecule has 1 aromatic carbocycles. The van der Waals surface area contributed by atoms with Crippen molar-refractivity contribution in [3.05, 3.63) is 35.9 Å². The highest BCUT2D eigenvalue weighted by atomic mass is 16.2. The molecule has 2 saturated heterocycles. The van der Waals surface area contributed by atoms with Gasteiger partial charge in [0, 0.05) is 24.5 Å². The summed E-state index contributed by atoms with van der Waals surface area (Å²) in [4.78, 5) is 17.4. The van der Waals surface area contributed by atoms with E-state index in [1.54, 1.807) is 0 Å². The Hall–Kier alpha value is -1.35. The molecule has 3 fully saturated rings. The van der Waals surface area contributed by atoms with Crippen molar-refractivity contribution in [3.8, 4) is 0 Å². The maximum absolute atomic E-state index is 12.6. The van der Waals surface area contributed by atoms with Crippen LogP contribution in [0.15, 0.2) is 30.3 Å². The fourth-order valence-electron chi connectivity index (χ4n) is 4.69. The van der Waals surface area contributed by atoms with Crippen molar-refractivity contribution in [3.63, 3.8) is 0 Å². The third-order valence-corrected chi connectivity index (χ3v) is 6.38. The Morgan fingerprint density at radius 3 is 2.13 bits per heavy atom. The van der Waals surface area contributed by atoms with Crippen LogP contribution >= 0.6 is 0 Å². The Balaban J connectivity index is 1.53. The van der Waals surface area contributed by atoms with Crippen LogP contribution in [0.3, 0.4) is 0 Å². The maximum atomic E-state index is 12.6. The van der Waals surface area contributed by atoms with Crippen LogP contribution in [0.4, 0.5) is 0 Å². The van der Waals surface area contributed by atoms with Gasteiger partial charge in [0.05, 0.1) is 0 Å². The van der Waals surface area contributed by atoms with E-state index in [0.29, 0.717) is 11.8 Å². The Labute approximate surface area is 139 Å². The van der Waals surface area contributed by atoms with Crippen molar-refractivity contribution in [2.75, 3.05) is 26.2 Å². The number of carbonyl (C=O) groups is 1. The van der Waals surface area contributed by atoms with Crippen LogP contribution in [0.25, 0.3) is 0 Å².